The normalized spacial score (nSPS) is 34.6. The Hall–Kier alpha value is -0.610. The highest BCUT2D eigenvalue weighted by Gasteiger charge is 2.39. The van der Waals surface area contributed by atoms with Crippen LogP contribution in [-0.4, -0.2) is 59.1 Å². The highest BCUT2D eigenvalue weighted by atomic mass is 16.4. The van der Waals surface area contributed by atoms with Crippen molar-refractivity contribution in [1.29, 1.82) is 0 Å². The lowest BCUT2D eigenvalue weighted by molar-refractivity contribution is -0.150. The van der Waals surface area contributed by atoms with Crippen LogP contribution in [0.1, 0.15) is 46.5 Å². The summed E-state index contributed by atoms with van der Waals surface area (Å²) in [6, 6.07) is 1.26. The van der Waals surface area contributed by atoms with E-state index in [-0.39, 0.29) is 0 Å². The maximum atomic E-state index is 11.3. The van der Waals surface area contributed by atoms with Gasteiger partial charge in [0.15, 0.2) is 0 Å². The molecule has 0 spiro atoms. The summed E-state index contributed by atoms with van der Waals surface area (Å²) in [5.74, 6) is -0.615. The van der Waals surface area contributed by atoms with Crippen molar-refractivity contribution in [1.82, 2.24) is 9.80 Å². The third-order valence-corrected chi connectivity index (χ3v) is 5.17. The van der Waals surface area contributed by atoms with E-state index in [1.165, 1.54) is 0 Å². The summed E-state index contributed by atoms with van der Waals surface area (Å²) in [4.78, 5) is 16.4. The van der Waals surface area contributed by atoms with E-state index in [0.717, 1.165) is 51.9 Å². The van der Waals surface area contributed by atoms with E-state index >= 15 is 0 Å². The van der Waals surface area contributed by atoms with Crippen molar-refractivity contribution >= 4 is 5.97 Å². The number of hydrogen-bond donors (Lipinski definition) is 1. The number of piperazine rings is 1. The van der Waals surface area contributed by atoms with E-state index in [1.807, 2.05) is 6.92 Å². The second kappa shape index (κ2) is 5.80. The lowest BCUT2D eigenvalue weighted by atomic mass is 9.73. The average Bonchev–Trinajstić information content (AvgIpc) is 2.39. The van der Waals surface area contributed by atoms with Gasteiger partial charge >= 0.3 is 5.97 Å². The molecule has 0 unspecified atom stereocenters. The van der Waals surface area contributed by atoms with Gasteiger partial charge in [-0.3, -0.25) is 14.6 Å². The summed E-state index contributed by atoms with van der Waals surface area (Å²) in [5, 5.41) is 9.27. The van der Waals surface area contributed by atoms with Crippen molar-refractivity contribution in [3.8, 4) is 0 Å². The summed E-state index contributed by atoms with van der Waals surface area (Å²) in [6.07, 6.45) is 3.75. The van der Waals surface area contributed by atoms with Crippen molar-refractivity contribution in [2.24, 2.45) is 5.41 Å². The van der Waals surface area contributed by atoms with Crippen molar-refractivity contribution < 1.29 is 9.90 Å². The first-order valence-electron chi connectivity index (χ1n) is 7.64. The van der Waals surface area contributed by atoms with Gasteiger partial charge in [0.05, 0.1) is 5.41 Å². The summed E-state index contributed by atoms with van der Waals surface area (Å²) >= 11 is 0. The molecule has 0 radical (unpaired) electrons. The Labute approximate surface area is 116 Å². The quantitative estimate of drug-likeness (QED) is 0.851. The van der Waals surface area contributed by atoms with Gasteiger partial charge < -0.3 is 5.11 Å². The number of nitrogens with zero attached hydrogens (tertiary/aromatic N) is 2. The first kappa shape index (κ1) is 14.8. The van der Waals surface area contributed by atoms with Crippen molar-refractivity contribution in [2.75, 3.05) is 26.2 Å². The van der Waals surface area contributed by atoms with Gasteiger partial charge in [-0.1, -0.05) is 0 Å². The number of carbonyl (C=O) groups is 1. The third-order valence-electron chi connectivity index (χ3n) is 5.17. The van der Waals surface area contributed by atoms with Gasteiger partial charge in [0.2, 0.25) is 0 Å². The summed E-state index contributed by atoms with van der Waals surface area (Å²) in [5.41, 5.74) is -0.476. The molecule has 4 heteroatoms. The molecular formula is C15H28N2O2. The van der Waals surface area contributed by atoms with E-state index in [9.17, 15) is 9.90 Å². The molecule has 0 atom stereocenters. The SMILES string of the molecule is CC(C)N1CCN(C2CCC(C)(C(=O)O)CC2)CC1. The molecule has 4 nitrogen and oxygen atoms in total. The highest BCUT2D eigenvalue weighted by molar-refractivity contribution is 5.74. The van der Waals surface area contributed by atoms with Crippen LogP contribution in [0.15, 0.2) is 0 Å². The molecule has 0 amide bonds. The van der Waals surface area contributed by atoms with Crippen molar-refractivity contribution in [3.05, 3.63) is 0 Å². The lowest BCUT2D eigenvalue weighted by Gasteiger charge is -2.44. The van der Waals surface area contributed by atoms with Gasteiger partial charge in [0, 0.05) is 38.3 Å². The predicted molar refractivity (Wildman–Crippen MR) is 76.3 cm³/mol. The number of carboxylic acid groups (broad SMARTS) is 1. The molecule has 2 rings (SSSR count). The molecular weight excluding hydrogens is 240 g/mol. The van der Waals surface area contributed by atoms with Crippen LogP contribution in [0.4, 0.5) is 0 Å². The summed E-state index contributed by atoms with van der Waals surface area (Å²) < 4.78 is 0. The van der Waals surface area contributed by atoms with Crippen LogP contribution in [-0.2, 0) is 4.79 Å². The van der Waals surface area contributed by atoms with Crippen LogP contribution < -0.4 is 0 Å². The molecule has 1 N–H and O–H groups in total. The standard InChI is InChI=1S/C15H28N2O2/c1-12(2)16-8-10-17(11-9-16)13-4-6-15(3,7-5-13)14(18)19/h12-13H,4-11H2,1-3H3,(H,18,19). The monoisotopic (exact) mass is 268 g/mol. The van der Waals surface area contributed by atoms with Crippen LogP contribution in [0.25, 0.3) is 0 Å². The van der Waals surface area contributed by atoms with Crippen LogP contribution in [0.5, 0.6) is 0 Å². The van der Waals surface area contributed by atoms with Crippen molar-refractivity contribution in [3.63, 3.8) is 0 Å². The Morgan fingerprint density at radius 3 is 2.11 bits per heavy atom. The van der Waals surface area contributed by atoms with Gasteiger partial charge in [-0.05, 0) is 46.5 Å². The number of aliphatic carboxylic acids is 1. The fourth-order valence-corrected chi connectivity index (χ4v) is 3.44. The second-order valence-electron chi connectivity index (χ2n) is 6.76. The molecule has 0 aromatic carbocycles. The third kappa shape index (κ3) is 3.29. The summed E-state index contributed by atoms with van der Waals surface area (Å²) in [6.45, 7) is 11.0. The van der Waals surface area contributed by atoms with Gasteiger partial charge in [-0.15, -0.1) is 0 Å². The summed E-state index contributed by atoms with van der Waals surface area (Å²) in [7, 11) is 0. The molecule has 1 heterocycles. The zero-order valence-electron chi connectivity index (χ0n) is 12.6. The van der Waals surface area contributed by atoms with E-state index in [4.69, 9.17) is 0 Å². The highest BCUT2D eigenvalue weighted by Crippen LogP contribution is 2.38. The Morgan fingerprint density at radius 2 is 1.68 bits per heavy atom. The van der Waals surface area contributed by atoms with Gasteiger partial charge in [-0.25, -0.2) is 0 Å². The van der Waals surface area contributed by atoms with Crippen LogP contribution in [0.2, 0.25) is 0 Å². The van der Waals surface area contributed by atoms with E-state index in [2.05, 4.69) is 23.6 Å². The van der Waals surface area contributed by atoms with E-state index in [0.29, 0.717) is 12.1 Å². The molecule has 2 fully saturated rings. The van der Waals surface area contributed by atoms with Gasteiger partial charge in [-0.2, -0.15) is 0 Å². The minimum absolute atomic E-state index is 0.476. The fraction of sp³-hybridized carbons (Fsp3) is 0.933. The zero-order valence-corrected chi connectivity index (χ0v) is 12.6. The smallest absolute Gasteiger partial charge is 0.309 e. The minimum atomic E-state index is -0.615. The van der Waals surface area contributed by atoms with Crippen LogP contribution in [0.3, 0.4) is 0 Å². The minimum Gasteiger partial charge on any atom is -0.481 e. The molecule has 110 valence electrons. The molecule has 19 heavy (non-hydrogen) atoms. The van der Waals surface area contributed by atoms with Gasteiger partial charge in [0.1, 0.15) is 0 Å². The van der Waals surface area contributed by atoms with Crippen LogP contribution >= 0.6 is 0 Å². The first-order valence-corrected chi connectivity index (χ1v) is 7.64. The predicted octanol–water partition coefficient (Wildman–Crippen LogP) is 2.05. The average molecular weight is 268 g/mol. The Morgan fingerprint density at radius 1 is 1.16 bits per heavy atom. The van der Waals surface area contributed by atoms with Gasteiger partial charge in [0.25, 0.3) is 0 Å². The maximum absolute atomic E-state index is 11.3. The molecule has 1 saturated heterocycles. The zero-order chi connectivity index (χ0) is 14.0. The Balaban J connectivity index is 1.82. The van der Waals surface area contributed by atoms with Crippen molar-refractivity contribution in [2.45, 2.75) is 58.5 Å². The Bertz CT molecular complexity index is 314. The van der Waals surface area contributed by atoms with E-state index in [1.54, 1.807) is 0 Å². The largest absolute Gasteiger partial charge is 0.481 e. The molecule has 0 aromatic heterocycles. The molecule has 0 bridgehead atoms. The molecule has 1 saturated carbocycles. The second-order valence-corrected chi connectivity index (χ2v) is 6.76. The Kier molecular flexibility index (Phi) is 4.51. The number of hydrogen-bond acceptors (Lipinski definition) is 3. The first-order chi connectivity index (χ1) is 8.92. The maximum Gasteiger partial charge on any atom is 0.309 e. The van der Waals surface area contributed by atoms with E-state index < -0.39 is 11.4 Å². The molecule has 1 aliphatic heterocycles. The lowest BCUT2D eigenvalue weighted by Crippen LogP contribution is -2.53. The topological polar surface area (TPSA) is 43.8 Å². The van der Waals surface area contributed by atoms with Crippen LogP contribution in [0, 0.1) is 5.41 Å². The number of rotatable bonds is 3. The fourth-order valence-electron chi connectivity index (χ4n) is 3.44. The molecule has 2 aliphatic rings. The molecule has 0 aromatic rings. The molecule has 1 aliphatic carbocycles. The number of carboxylic acids is 1.